The highest BCUT2D eigenvalue weighted by Gasteiger charge is 2.79. The summed E-state index contributed by atoms with van der Waals surface area (Å²) in [7, 11) is 0. The van der Waals surface area contributed by atoms with Crippen LogP contribution in [0.3, 0.4) is 0 Å². The van der Waals surface area contributed by atoms with Crippen LogP contribution in [-0.4, -0.2) is 22.5 Å². The highest BCUT2D eigenvalue weighted by atomic mass is 35.5. The summed E-state index contributed by atoms with van der Waals surface area (Å²) < 4.78 is 0. The van der Waals surface area contributed by atoms with Gasteiger partial charge in [0.25, 0.3) is 5.69 Å². The standard InChI is InChI=1S/C30H23ClN2O5/c1-3-30-23(18-12-8-5-9-13-18)22(17-10-6-4-7-11-17)29(2,28(30)36)24-25(30)27(35)32(26(24)34)21-16-19(33(37)38)14-15-20(21)31/h4-16,24-25H,3H2,1-2H3/t24-,25-,29-,30+/m0/s1. The number of imide groups is 1. The summed E-state index contributed by atoms with van der Waals surface area (Å²) >= 11 is 6.39. The van der Waals surface area contributed by atoms with E-state index in [2.05, 4.69) is 0 Å². The number of hydrogen-bond acceptors (Lipinski definition) is 5. The fourth-order valence-corrected chi connectivity index (χ4v) is 7.35. The van der Waals surface area contributed by atoms with E-state index in [0.717, 1.165) is 33.2 Å². The number of rotatable bonds is 5. The molecule has 0 spiro atoms. The van der Waals surface area contributed by atoms with Gasteiger partial charge in [-0.2, -0.15) is 0 Å². The van der Waals surface area contributed by atoms with Gasteiger partial charge in [0.1, 0.15) is 0 Å². The number of nitrogens with zero attached hydrogens (tertiary/aromatic N) is 2. The monoisotopic (exact) mass is 526 g/mol. The average molecular weight is 527 g/mol. The van der Waals surface area contributed by atoms with Crippen molar-refractivity contribution < 1.29 is 19.3 Å². The van der Waals surface area contributed by atoms with Crippen LogP contribution in [0.1, 0.15) is 31.4 Å². The molecule has 1 aliphatic heterocycles. The summed E-state index contributed by atoms with van der Waals surface area (Å²) in [5, 5.41) is 11.5. The van der Waals surface area contributed by atoms with Crippen LogP contribution in [0.15, 0.2) is 78.9 Å². The molecule has 2 bridgehead atoms. The first-order valence-electron chi connectivity index (χ1n) is 12.4. The fourth-order valence-electron chi connectivity index (χ4n) is 7.15. The topological polar surface area (TPSA) is 97.6 Å². The van der Waals surface area contributed by atoms with Gasteiger partial charge in [0, 0.05) is 12.1 Å². The third-order valence-corrected chi connectivity index (χ3v) is 8.94. The lowest BCUT2D eigenvalue weighted by Crippen LogP contribution is -2.41. The Morgan fingerprint density at radius 2 is 1.42 bits per heavy atom. The number of fused-ring (bicyclic) bond motifs is 5. The molecule has 2 aliphatic carbocycles. The van der Waals surface area contributed by atoms with Crippen molar-refractivity contribution in [1.82, 2.24) is 0 Å². The van der Waals surface area contributed by atoms with Crippen LogP contribution < -0.4 is 4.90 Å². The van der Waals surface area contributed by atoms with E-state index >= 15 is 0 Å². The van der Waals surface area contributed by atoms with Crippen molar-refractivity contribution in [2.45, 2.75) is 20.3 Å². The van der Waals surface area contributed by atoms with Crippen molar-refractivity contribution in [2.75, 3.05) is 4.90 Å². The largest absolute Gasteiger partial charge is 0.298 e. The zero-order valence-corrected chi connectivity index (χ0v) is 21.4. The number of hydrogen-bond donors (Lipinski definition) is 0. The fraction of sp³-hybridized carbons (Fsp3) is 0.233. The number of carbonyl (C=O) groups excluding carboxylic acids is 3. The van der Waals surface area contributed by atoms with Crippen LogP contribution >= 0.6 is 11.6 Å². The number of nitro benzene ring substituents is 1. The molecule has 2 fully saturated rings. The highest BCUT2D eigenvalue weighted by molar-refractivity contribution is 6.39. The number of anilines is 1. The van der Waals surface area contributed by atoms with Gasteiger partial charge < -0.3 is 0 Å². The van der Waals surface area contributed by atoms with Crippen molar-refractivity contribution >= 4 is 51.7 Å². The molecule has 8 heteroatoms. The molecule has 2 amide bonds. The Hall–Kier alpha value is -4.10. The van der Waals surface area contributed by atoms with Gasteiger partial charge >= 0.3 is 0 Å². The summed E-state index contributed by atoms with van der Waals surface area (Å²) in [4.78, 5) is 54.7. The smallest absolute Gasteiger partial charge is 0.271 e. The zero-order valence-electron chi connectivity index (χ0n) is 20.7. The summed E-state index contributed by atoms with van der Waals surface area (Å²) in [5.41, 5.74) is 0.348. The summed E-state index contributed by atoms with van der Waals surface area (Å²) in [6, 6.07) is 22.7. The van der Waals surface area contributed by atoms with Gasteiger partial charge in [-0.15, -0.1) is 0 Å². The van der Waals surface area contributed by atoms with Crippen LogP contribution in [0.25, 0.3) is 11.1 Å². The van der Waals surface area contributed by atoms with E-state index in [9.17, 15) is 24.5 Å². The Morgan fingerprint density at radius 3 is 1.97 bits per heavy atom. The second kappa shape index (κ2) is 8.20. The van der Waals surface area contributed by atoms with Gasteiger partial charge in [0.05, 0.1) is 38.3 Å². The van der Waals surface area contributed by atoms with Crippen LogP contribution in [0.5, 0.6) is 0 Å². The number of amides is 2. The van der Waals surface area contributed by atoms with Crippen LogP contribution in [0.2, 0.25) is 5.02 Å². The van der Waals surface area contributed by atoms with E-state index in [4.69, 9.17) is 11.6 Å². The first-order chi connectivity index (χ1) is 18.2. The summed E-state index contributed by atoms with van der Waals surface area (Å²) in [5.74, 6) is -3.15. The van der Waals surface area contributed by atoms with E-state index in [-0.39, 0.29) is 22.2 Å². The molecule has 0 radical (unpaired) electrons. The van der Waals surface area contributed by atoms with Gasteiger partial charge in [-0.05, 0) is 41.7 Å². The SMILES string of the molecule is CC[C@@]12C(=O)[C@@](C)(C(c3ccccc3)=C1c1ccccc1)[C@@H]1C(=O)N(c3cc([N+](=O)[O-])ccc3Cl)C(=O)[C@H]12. The van der Waals surface area contributed by atoms with Crippen molar-refractivity contribution in [3.05, 3.63) is 105 Å². The number of non-ortho nitro benzene ring substituents is 1. The number of halogens is 1. The molecular weight excluding hydrogens is 504 g/mol. The van der Waals surface area contributed by atoms with Gasteiger partial charge in [0.2, 0.25) is 11.8 Å². The van der Waals surface area contributed by atoms with Crippen LogP contribution in [0, 0.1) is 32.8 Å². The lowest BCUT2D eigenvalue weighted by molar-refractivity contribution is -0.384. The molecule has 190 valence electrons. The molecule has 7 nitrogen and oxygen atoms in total. The number of carbonyl (C=O) groups is 3. The molecule has 3 aromatic rings. The lowest BCUT2D eigenvalue weighted by Gasteiger charge is -2.37. The van der Waals surface area contributed by atoms with Gasteiger partial charge in [0.15, 0.2) is 5.78 Å². The maximum atomic E-state index is 14.5. The van der Waals surface area contributed by atoms with E-state index in [1.165, 1.54) is 12.1 Å². The molecule has 0 aromatic heterocycles. The predicted octanol–water partition coefficient (Wildman–Crippen LogP) is 5.96. The normalized spacial score (nSPS) is 27.9. The Labute approximate surface area is 223 Å². The number of nitro groups is 1. The first kappa shape index (κ1) is 24.2. The van der Waals surface area contributed by atoms with Crippen molar-refractivity contribution in [1.29, 1.82) is 0 Å². The highest BCUT2D eigenvalue weighted by Crippen LogP contribution is 2.74. The molecule has 1 heterocycles. The Kier molecular flexibility index (Phi) is 5.23. The maximum absolute atomic E-state index is 14.5. The third kappa shape index (κ3) is 2.82. The lowest BCUT2D eigenvalue weighted by atomic mass is 9.62. The minimum absolute atomic E-state index is 0.0329. The van der Waals surface area contributed by atoms with Crippen molar-refractivity contribution in [2.24, 2.45) is 22.7 Å². The van der Waals surface area contributed by atoms with E-state index in [0.29, 0.717) is 6.42 Å². The van der Waals surface area contributed by atoms with Gasteiger partial charge in [-0.3, -0.25) is 24.5 Å². The Morgan fingerprint density at radius 1 is 0.868 bits per heavy atom. The molecule has 6 rings (SSSR count). The summed E-state index contributed by atoms with van der Waals surface area (Å²) in [6.45, 7) is 3.64. The molecule has 4 atom stereocenters. The minimum Gasteiger partial charge on any atom is -0.298 e. The molecule has 3 aromatic carbocycles. The number of Topliss-reactive ketones (excluding diaryl/α,β-unsaturated/α-hetero) is 1. The van der Waals surface area contributed by atoms with E-state index < -0.39 is 39.4 Å². The molecule has 38 heavy (non-hydrogen) atoms. The second-order valence-corrected chi connectivity index (χ2v) is 10.6. The van der Waals surface area contributed by atoms with Gasteiger partial charge in [-0.25, -0.2) is 4.90 Å². The molecular formula is C30H23ClN2O5. The molecule has 0 N–H and O–H groups in total. The van der Waals surface area contributed by atoms with E-state index in [1.54, 1.807) is 6.92 Å². The third-order valence-electron chi connectivity index (χ3n) is 8.62. The number of allylic oxidation sites excluding steroid dienone is 2. The molecule has 3 aliphatic rings. The maximum Gasteiger partial charge on any atom is 0.271 e. The minimum atomic E-state index is -1.28. The van der Waals surface area contributed by atoms with Gasteiger partial charge in [-0.1, -0.05) is 79.2 Å². The zero-order chi connectivity index (χ0) is 27.0. The molecule has 1 saturated heterocycles. The first-order valence-corrected chi connectivity index (χ1v) is 12.8. The second-order valence-electron chi connectivity index (χ2n) is 10.2. The summed E-state index contributed by atoms with van der Waals surface area (Å²) in [6.07, 6.45) is 0.318. The average Bonchev–Trinajstić information content (AvgIpc) is 3.39. The van der Waals surface area contributed by atoms with E-state index in [1.807, 2.05) is 67.6 Å². The number of ketones is 1. The quantitative estimate of drug-likeness (QED) is 0.232. The number of benzene rings is 3. The Bertz CT molecular complexity index is 1580. The van der Waals surface area contributed by atoms with Crippen molar-refractivity contribution in [3.8, 4) is 0 Å². The Balaban J connectivity index is 1.63. The van der Waals surface area contributed by atoms with Crippen LogP contribution in [0.4, 0.5) is 11.4 Å². The van der Waals surface area contributed by atoms with Crippen molar-refractivity contribution in [3.63, 3.8) is 0 Å². The van der Waals surface area contributed by atoms with Crippen LogP contribution in [-0.2, 0) is 14.4 Å². The molecule has 1 saturated carbocycles. The predicted molar refractivity (Wildman–Crippen MR) is 143 cm³/mol. The molecule has 0 unspecified atom stereocenters.